The number of imidazole rings is 1. The number of nitrogens with zero attached hydrogens (tertiary/aromatic N) is 2. The van der Waals surface area contributed by atoms with Crippen LogP contribution in [0.25, 0.3) is 0 Å². The van der Waals surface area contributed by atoms with Gasteiger partial charge in [-0.15, -0.1) is 0 Å². The van der Waals surface area contributed by atoms with Crippen LogP contribution in [0.15, 0.2) is 29.6 Å². The largest absolute Gasteiger partial charge is 0.324 e. The molecule has 0 aliphatic heterocycles. The standard InChI is InChI=1S/C10H8Cl3N3O2S/c1-16-5-14-10(9(16)13)19(17,18)15-8-4-6(11)2-3-7(8)12/h2-5,15H,1H3. The third-order valence-electron chi connectivity index (χ3n) is 2.26. The van der Waals surface area contributed by atoms with E-state index in [2.05, 4.69) is 9.71 Å². The number of hydrogen-bond donors (Lipinski definition) is 1. The van der Waals surface area contributed by atoms with E-state index in [1.54, 1.807) is 13.1 Å². The molecule has 0 unspecified atom stereocenters. The topological polar surface area (TPSA) is 64.0 Å². The summed E-state index contributed by atoms with van der Waals surface area (Å²) in [6.07, 6.45) is 1.30. The number of nitrogens with one attached hydrogen (secondary N) is 1. The molecule has 0 atom stereocenters. The van der Waals surface area contributed by atoms with Crippen LogP contribution < -0.4 is 4.72 Å². The van der Waals surface area contributed by atoms with Gasteiger partial charge in [0.2, 0.25) is 5.03 Å². The smallest absolute Gasteiger partial charge is 0.282 e. The predicted molar refractivity (Wildman–Crippen MR) is 75.5 cm³/mol. The number of benzene rings is 1. The minimum atomic E-state index is -3.92. The number of anilines is 1. The van der Waals surface area contributed by atoms with E-state index >= 15 is 0 Å². The number of aromatic nitrogens is 2. The molecule has 5 nitrogen and oxygen atoms in total. The maximum Gasteiger partial charge on any atom is 0.282 e. The number of rotatable bonds is 3. The summed E-state index contributed by atoms with van der Waals surface area (Å²) in [5.41, 5.74) is 0.163. The molecule has 2 rings (SSSR count). The molecule has 0 aliphatic carbocycles. The number of aryl methyl sites for hydroxylation is 1. The average molecular weight is 341 g/mol. The van der Waals surface area contributed by atoms with Gasteiger partial charge in [-0.25, -0.2) is 4.98 Å². The van der Waals surface area contributed by atoms with Crippen molar-refractivity contribution >= 4 is 50.5 Å². The lowest BCUT2D eigenvalue weighted by Gasteiger charge is -2.08. The van der Waals surface area contributed by atoms with Gasteiger partial charge >= 0.3 is 0 Å². The minimum Gasteiger partial charge on any atom is -0.324 e. The monoisotopic (exact) mass is 339 g/mol. The average Bonchev–Trinajstić information content (AvgIpc) is 2.65. The van der Waals surface area contributed by atoms with E-state index in [4.69, 9.17) is 34.8 Å². The van der Waals surface area contributed by atoms with Gasteiger partial charge in [-0.05, 0) is 18.2 Å². The van der Waals surface area contributed by atoms with Crippen molar-refractivity contribution in [2.75, 3.05) is 4.72 Å². The fourth-order valence-electron chi connectivity index (χ4n) is 1.34. The molecule has 0 bridgehead atoms. The van der Waals surface area contributed by atoms with E-state index in [-0.39, 0.29) is 20.9 Å². The summed E-state index contributed by atoms with van der Waals surface area (Å²) in [6, 6.07) is 4.44. The Balaban J connectivity index is 2.42. The Morgan fingerprint density at radius 2 is 1.95 bits per heavy atom. The molecule has 0 fully saturated rings. The van der Waals surface area contributed by atoms with Crippen molar-refractivity contribution in [3.63, 3.8) is 0 Å². The molecule has 102 valence electrons. The van der Waals surface area contributed by atoms with Crippen molar-refractivity contribution in [1.82, 2.24) is 9.55 Å². The van der Waals surface area contributed by atoms with Gasteiger partial charge in [0.05, 0.1) is 17.0 Å². The van der Waals surface area contributed by atoms with Crippen molar-refractivity contribution in [2.45, 2.75) is 5.03 Å². The highest BCUT2D eigenvalue weighted by Gasteiger charge is 2.23. The summed E-state index contributed by atoms with van der Waals surface area (Å²) in [6.45, 7) is 0. The summed E-state index contributed by atoms with van der Waals surface area (Å²) in [4.78, 5) is 3.74. The molecule has 1 heterocycles. The van der Waals surface area contributed by atoms with Crippen molar-refractivity contribution in [1.29, 1.82) is 0 Å². The Bertz CT molecular complexity index is 728. The van der Waals surface area contributed by atoms with E-state index in [0.717, 1.165) is 0 Å². The van der Waals surface area contributed by atoms with Crippen LogP contribution in [0.3, 0.4) is 0 Å². The lowest BCUT2D eigenvalue weighted by Crippen LogP contribution is -2.14. The number of hydrogen-bond acceptors (Lipinski definition) is 3. The molecule has 0 spiro atoms. The second-order valence-corrected chi connectivity index (χ2v) is 6.48. The molecule has 0 amide bonds. The van der Waals surface area contributed by atoms with Gasteiger partial charge in [0, 0.05) is 12.1 Å². The Kier molecular flexibility index (Phi) is 3.96. The van der Waals surface area contributed by atoms with E-state index < -0.39 is 10.0 Å². The van der Waals surface area contributed by atoms with Crippen LogP contribution in [-0.2, 0) is 17.1 Å². The van der Waals surface area contributed by atoms with Crippen molar-refractivity contribution in [2.24, 2.45) is 7.05 Å². The fourth-order valence-corrected chi connectivity index (χ4v) is 3.24. The first-order valence-corrected chi connectivity index (χ1v) is 7.57. The maximum atomic E-state index is 12.1. The molecule has 0 saturated carbocycles. The molecular weight excluding hydrogens is 333 g/mol. The van der Waals surface area contributed by atoms with Crippen molar-refractivity contribution in [3.8, 4) is 0 Å². The highest BCUT2D eigenvalue weighted by atomic mass is 35.5. The van der Waals surface area contributed by atoms with Gasteiger partial charge in [0.25, 0.3) is 10.0 Å². The van der Waals surface area contributed by atoms with Crippen LogP contribution in [0.1, 0.15) is 0 Å². The molecule has 1 aromatic heterocycles. The second-order valence-electron chi connectivity index (χ2n) is 3.68. The van der Waals surface area contributed by atoms with Gasteiger partial charge in [-0.1, -0.05) is 34.8 Å². The zero-order valence-corrected chi connectivity index (χ0v) is 12.6. The Morgan fingerprint density at radius 3 is 2.53 bits per heavy atom. The highest BCUT2D eigenvalue weighted by Crippen LogP contribution is 2.28. The third kappa shape index (κ3) is 2.97. The zero-order valence-electron chi connectivity index (χ0n) is 9.56. The summed E-state index contributed by atoms with van der Waals surface area (Å²) >= 11 is 17.5. The number of sulfonamides is 1. The first-order valence-electron chi connectivity index (χ1n) is 4.96. The fraction of sp³-hybridized carbons (Fsp3) is 0.100. The summed E-state index contributed by atoms with van der Waals surface area (Å²) in [7, 11) is -2.34. The molecule has 0 saturated heterocycles. The molecule has 0 aliphatic rings. The molecule has 1 aromatic carbocycles. The SMILES string of the molecule is Cn1cnc(S(=O)(=O)Nc2cc(Cl)ccc2Cl)c1Cl. The molecule has 2 aromatic rings. The summed E-state index contributed by atoms with van der Waals surface area (Å²) < 4.78 is 27.9. The quantitative estimate of drug-likeness (QED) is 0.933. The molecule has 0 radical (unpaired) electrons. The molecular formula is C10H8Cl3N3O2S. The first-order chi connectivity index (χ1) is 8.81. The van der Waals surface area contributed by atoms with Crippen LogP contribution in [0.5, 0.6) is 0 Å². The van der Waals surface area contributed by atoms with Crippen molar-refractivity contribution < 1.29 is 8.42 Å². The predicted octanol–water partition coefficient (Wildman–Crippen LogP) is 3.18. The van der Waals surface area contributed by atoms with Gasteiger partial charge in [0.15, 0.2) is 0 Å². The van der Waals surface area contributed by atoms with Crippen LogP contribution in [0.4, 0.5) is 5.69 Å². The normalized spacial score (nSPS) is 11.6. The first kappa shape index (κ1) is 14.5. The number of halogens is 3. The Labute approximate surface area is 125 Å². The van der Waals surface area contributed by atoms with Gasteiger partial charge in [0.1, 0.15) is 5.15 Å². The summed E-state index contributed by atoms with van der Waals surface area (Å²) in [5, 5.41) is 0.313. The lowest BCUT2D eigenvalue weighted by atomic mass is 10.3. The zero-order chi connectivity index (χ0) is 14.2. The van der Waals surface area contributed by atoms with Gasteiger partial charge in [-0.3, -0.25) is 4.72 Å². The van der Waals surface area contributed by atoms with Crippen LogP contribution in [0.2, 0.25) is 15.2 Å². The summed E-state index contributed by atoms with van der Waals surface area (Å²) in [5.74, 6) is 0. The lowest BCUT2D eigenvalue weighted by molar-refractivity contribution is 0.598. The van der Waals surface area contributed by atoms with Crippen LogP contribution >= 0.6 is 34.8 Å². The Morgan fingerprint density at radius 1 is 1.26 bits per heavy atom. The maximum absolute atomic E-state index is 12.1. The Hall–Kier alpha value is -0.950. The molecule has 9 heteroatoms. The van der Waals surface area contributed by atoms with E-state index in [9.17, 15) is 8.42 Å². The molecule has 1 N–H and O–H groups in total. The van der Waals surface area contributed by atoms with Crippen LogP contribution in [-0.4, -0.2) is 18.0 Å². The van der Waals surface area contributed by atoms with Crippen molar-refractivity contribution in [3.05, 3.63) is 39.7 Å². The van der Waals surface area contributed by atoms with E-state index in [1.165, 1.54) is 23.0 Å². The van der Waals surface area contributed by atoms with Gasteiger partial charge < -0.3 is 4.57 Å². The van der Waals surface area contributed by atoms with Crippen LogP contribution in [0, 0.1) is 0 Å². The van der Waals surface area contributed by atoms with Gasteiger partial charge in [-0.2, -0.15) is 8.42 Å². The highest BCUT2D eigenvalue weighted by molar-refractivity contribution is 7.92. The van der Waals surface area contributed by atoms with E-state index in [1.807, 2.05) is 0 Å². The third-order valence-corrected chi connectivity index (χ3v) is 4.68. The van der Waals surface area contributed by atoms with E-state index in [0.29, 0.717) is 5.02 Å². The minimum absolute atomic E-state index is 0.00523. The second kappa shape index (κ2) is 5.20. The molecule has 19 heavy (non-hydrogen) atoms.